The number of ether oxygens (including phenoxy) is 2. The number of methoxy groups -OCH3 is 1. The maximum Gasteiger partial charge on any atom is 0.161 e. The van der Waals surface area contributed by atoms with Gasteiger partial charge >= 0.3 is 0 Å². The van der Waals surface area contributed by atoms with Gasteiger partial charge < -0.3 is 15.2 Å². The van der Waals surface area contributed by atoms with Crippen LogP contribution in [0, 0.1) is 0 Å². The Hall–Kier alpha value is -1.42. The molecule has 21 heavy (non-hydrogen) atoms. The second-order valence-corrected chi connectivity index (χ2v) is 5.33. The van der Waals surface area contributed by atoms with Crippen molar-refractivity contribution in [3.05, 3.63) is 57.6 Å². The lowest BCUT2D eigenvalue weighted by Gasteiger charge is -2.13. The highest BCUT2D eigenvalue weighted by Crippen LogP contribution is 2.31. The van der Waals surface area contributed by atoms with Gasteiger partial charge in [0.05, 0.1) is 7.11 Å². The summed E-state index contributed by atoms with van der Waals surface area (Å²) in [7, 11) is 1.60. The molecule has 2 rings (SSSR count). The van der Waals surface area contributed by atoms with Crippen molar-refractivity contribution in [3.63, 3.8) is 0 Å². The van der Waals surface area contributed by atoms with E-state index in [1.54, 1.807) is 25.3 Å². The molecule has 2 N–H and O–H groups in total. The van der Waals surface area contributed by atoms with E-state index in [4.69, 9.17) is 38.4 Å². The van der Waals surface area contributed by atoms with Crippen LogP contribution in [0.2, 0.25) is 10.0 Å². The summed E-state index contributed by atoms with van der Waals surface area (Å²) >= 11 is 12.3. The number of rotatable bonds is 6. The van der Waals surface area contributed by atoms with Crippen LogP contribution in [-0.2, 0) is 13.0 Å². The van der Waals surface area contributed by atoms with E-state index in [1.165, 1.54) is 0 Å². The van der Waals surface area contributed by atoms with Crippen LogP contribution in [-0.4, -0.2) is 13.7 Å². The number of benzene rings is 2. The fraction of sp³-hybridized carbons (Fsp3) is 0.250. The fourth-order valence-corrected chi connectivity index (χ4v) is 2.48. The van der Waals surface area contributed by atoms with Gasteiger partial charge in [0, 0.05) is 15.6 Å². The Morgan fingerprint density at radius 1 is 1.05 bits per heavy atom. The Labute approximate surface area is 134 Å². The molecule has 3 nitrogen and oxygen atoms in total. The number of nitrogens with two attached hydrogens (primary N) is 1. The Balaban J connectivity index is 2.20. The lowest BCUT2D eigenvalue weighted by atomic mass is 10.1. The molecule has 0 atom stereocenters. The van der Waals surface area contributed by atoms with Crippen LogP contribution in [0.1, 0.15) is 11.1 Å². The van der Waals surface area contributed by atoms with E-state index in [1.807, 2.05) is 18.2 Å². The van der Waals surface area contributed by atoms with Crippen LogP contribution < -0.4 is 15.2 Å². The average Bonchev–Trinajstić information content (AvgIpc) is 2.47. The molecule has 2 aromatic carbocycles. The molecule has 0 heterocycles. The predicted octanol–water partition coefficient (Wildman–Crippen LogP) is 4.08. The Bertz CT molecular complexity index is 597. The van der Waals surface area contributed by atoms with Gasteiger partial charge in [-0.1, -0.05) is 35.3 Å². The first-order valence-electron chi connectivity index (χ1n) is 6.58. The van der Waals surface area contributed by atoms with E-state index in [-0.39, 0.29) is 6.61 Å². The van der Waals surface area contributed by atoms with Crippen molar-refractivity contribution in [2.45, 2.75) is 13.0 Å². The fourth-order valence-electron chi connectivity index (χ4n) is 1.98. The molecule has 0 aliphatic carbocycles. The van der Waals surface area contributed by atoms with Gasteiger partial charge in [0.1, 0.15) is 6.61 Å². The Kier molecular flexibility index (Phi) is 5.74. The van der Waals surface area contributed by atoms with Gasteiger partial charge in [0.25, 0.3) is 0 Å². The molecule has 0 amide bonds. The number of hydrogen-bond donors (Lipinski definition) is 1. The number of hydrogen-bond acceptors (Lipinski definition) is 3. The first kappa shape index (κ1) is 16.0. The van der Waals surface area contributed by atoms with E-state index in [0.29, 0.717) is 28.1 Å². The third kappa shape index (κ3) is 4.03. The summed E-state index contributed by atoms with van der Waals surface area (Å²) in [6.07, 6.45) is 0.785. The maximum absolute atomic E-state index is 6.14. The minimum atomic E-state index is 0.279. The second kappa shape index (κ2) is 7.55. The minimum absolute atomic E-state index is 0.279. The standard InChI is InChI=1S/C16H17Cl2NO2/c1-20-15-6-5-11(7-8-19)9-16(15)21-10-12-13(17)3-2-4-14(12)18/h2-6,9H,7-8,10,19H2,1H3. The van der Waals surface area contributed by atoms with Gasteiger partial charge in [-0.2, -0.15) is 0 Å². The van der Waals surface area contributed by atoms with E-state index < -0.39 is 0 Å². The van der Waals surface area contributed by atoms with Crippen molar-refractivity contribution in [2.24, 2.45) is 5.73 Å². The van der Waals surface area contributed by atoms with Gasteiger partial charge in [0.15, 0.2) is 11.5 Å². The summed E-state index contributed by atoms with van der Waals surface area (Å²) in [6, 6.07) is 11.1. The van der Waals surface area contributed by atoms with Crippen LogP contribution >= 0.6 is 23.2 Å². The molecular formula is C16H17Cl2NO2. The molecular weight excluding hydrogens is 309 g/mol. The SMILES string of the molecule is COc1ccc(CCN)cc1OCc1c(Cl)cccc1Cl. The third-order valence-electron chi connectivity index (χ3n) is 3.09. The monoisotopic (exact) mass is 325 g/mol. The number of halogens is 2. The zero-order valence-electron chi connectivity index (χ0n) is 11.7. The van der Waals surface area contributed by atoms with E-state index in [2.05, 4.69) is 0 Å². The molecule has 0 aromatic heterocycles. The molecule has 0 radical (unpaired) electrons. The van der Waals surface area contributed by atoms with Crippen molar-refractivity contribution < 1.29 is 9.47 Å². The molecule has 0 aliphatic heterocycles. The summed E-state index contributed by atoms with van der Waals surface area (Å²) in [5.41, 5.74) is 7.43. The molecule has 0 bridgehead atoms. The van der Waals surface area contributed by atoms with Crippen molar-refractivity contribution in [1.82, 2.24) is 0 Å². The summed E-state index contributed by atoms with van der Waals surface area (Å²) in [5, 5.41) is 1.17. The molecule has 112 valence electrons. The normalized spacial score (nSPS) is 10.5. The molecule has 2 aromatic rings. The van der Waals surface area contributed by atoms with Gasteiger partial charge in [-0.25, -0.2) is 0 Å². The molecule has 0 aliphatic rings. The predicted molar refractivity (Wildman–Crippen MR) is 86.5 cm³/mol. The van der Waals surface area contributed by atoms with E-state index in [0.717, 1.165) is 17.5 Å². The molecule has 5 heteroatoms. The summed E-state index contributed by atoms with van der Waals surface area (Å²) in [5.74, 6) is 1.32. The van der Waals surface area contributed by atoms with Crippen LogP contribution in [0.5, 0.6) is 11.5 Å². The van der Waals surface area contributed by atoms with Crippen LogP contribution in [0.15, 0.2) is 36.4 Å². The van der Waals surface area contributed by atoms with Crippen molar-refractivity contribution in [1.29, 1.82) is 0 Å². The van der Waals surface area contributed by atoms with Crippen molar-refractivity contribution >= 4 is 23.2 Å². The zero-order chi connectivity index (χ0) is 15.2. The average molecular weight is 326 g/mol. The summed E-state index contributed by atoms with van der Waals surface area (Å²) in [4.78, 5) is 0. The van der Waals surface area contributed by atoms with E-state index >= 15 is 0 Å². The van der Waals surface area contributed by atoms with Gasteiger partial charge in [-0.3, -0.25) is 0 Å². The minimum Gasteiger partial charge on any atom is -0.493 e. The zero-order valence-corrected chi connectivity index (χ0v) is 13.2. The summed E-state index contributed by atoms with van der Waals surface area (Å²) in [6.45, 7) is 0.864. The van der Waals surface area contributed by atoms with Crippen LogP contribution in [0.25, 0.3) is 0 Å². The largest absolute Gasteiger partial charge is 0.493 e. The highest BCUT2D eigenvalue weighted by atomic mass is 35.5. The smallest absolute Gasteiger partial charge is 0.161 e. The first-order valence-corrected chi connectivity index (χ1v) is 7.34. The lowest BCUT2D eigenvalue weighted by molar-refractivity contribution is 0.284. The summed E-state index contributed by atoms with van der Waals surface area (Å²) < 4.78 is 11.1. The quantitative estimate of drug-likeness (QED) is 0.870. The maximum atomic E-state index is 6.14. The van der Waals surface area contributed by atoms with Crippen molar-refractivity contribution in [3.8, 4) is 11.5 Å². The van der Waals surface area contributed by atoms with E-state index in [9.17, 15) is 0 Å². The molecule has 0 fully saturated rings. The highest BCUT2D eigenvalue weighted by Gasteiger charge is 2.10. The molecule has 0 saturated carbocycles. The van der Waals surface area contributed by atoms with Gasteiger partial charge in [-0.05, 0) is 42.8 Å². The third-order valence-corrected chi connectivity index (χ3v) is 3.80. The Morgan fingerprint density at radius 2 is 1.76 bits per heavy atom. The van der Waals surface area contributed by atoms with Crippen LogP contribution in [0.4, 0.5) is 0 Å². The van der Waals surface area contributed by atoms with Gasteiger partial charge in [0.2, 0.25) is 0 Å². The second-order valence-electron chi connectivity index (χ2n) is 4.51. The molecule has 0 saturated heterocycles. The first-order chi connectivity index (χ1) is 10.2. The topological polar surface area (TPSA) is 44.5 Å². The molecule has 0 spiro atoms. The Morgan fingerprint density at radius 3 is 2.38 bits per heavy atom. The lowest BCUT2D eigenvalue weighted by Crippen LogP contribution is -2.04. The van der Waals surface area contributed by atoms with Crippen LogP contribution in [0.3, 0.4) is 0 Å². The molecule has 0 unspecified atom stereocenters. The van der Waals surface area contributed by atoms with Crippen molar-refractivity contribution in [2.75, 3.05) is 13.7 Å². The highest BCUT2D eigenvalue weighted by molar-refractivity contribution is 6.35. The van der Waals surface area contributed by atoms with Gasteiger partial charge in [-0.15, -0.1) is 0 Å².